The van der Waals surface area contributed by atoms with Crippen molar-refractivity contribution in [3.63, 3.8) is 0 Å². The minimum atomic E-state index is -0.680. The molecule has 0 aromatic rings. The molecule has 2 unspecified atom stereocenters. The second-order valence-electron chi connectivity index (χ2n) is 3.96. The first-order valence-corrected chi connectivity index (χ1v) is 5.27. The number of hydrogen-bond acceptors (Lipinski definition) is 4. The first-order chi connectivity index (χ1) is 7.23. The second kappa shape index (κ2) is 3.81. The zero-order valence-electron chi connectivity index (χ0n) is 9.08. The number of oxime groups is 1. The number of amides is 1. The van der Waals surface area contributed by atoms with Crippen LogP contribution in [-0.2, 0) is 14.4 Å². The number of rotatable bonds is 2. The Morgan fingerprint density at radius 1 is 1.67 bits per heavy atom. The van der Waals surface area contributed by atoms with Crippen LogP contribution in [0.25, 0.3) is 0 Å². The van der Waals surface area contributed by atoms with Gasteiger partial charge in [0, 0.05) is 20.6 Å². The molecule has 1 N–H and O–H groups in total. The minimum absolute atomic E-state index is 0.0174. The number of carbonyl (C=O) groups is 1. The molecule has 0 aromatic carbocycles. The predicted molar refractivity (Wildman–Crippen MR) is 54.3 cm³/mol. The van der Waals surface area contributed by atoms with E-state index in [0.717, 1.165) is 25.7 Å². The highest BCUT2D eigenvalue weighted by atomic mass is 16.8. The van der Waals surface area contributed by atoms with E-state index in [0.29, 0.717) is 5.71 Å². The van der Waals surface area contributed by atoms with Gasteiger partial charge in [-0.3, -0.25) is 4.79 Å². The molecule has 1 saturated carbocycles. The summed E-state index contributed by atoms with van der Waals surface area (Å²) in [6.45, 7) is 0. The second-order valence-corrected chi connectivity index (χ2v) is 3.96. The van der Waals surface area contributed by atoms with Crippen molar-refractivity contribution < 1.29 is 14.4 Å². The fourth-order valence-electron chi connectivity index (χ4n) is 2.37. The summed E-state index contributed by atoms with van der Waals surface area (Å²) in [5.74, 6) is -0.864. The van der Waals surface area contributed by atoms with Crippen LogP contribution >= 0.6 is 0 Å². The zero-order valence-corrected chi connectivity index (χ0v) is 9.08. The number of fused-ring (bicyclic) bond motifs is 1. The summed E-state index contributed by atoms with van der Waals surface area (Å²) in [6.07, 6.45) is 3.86. The van der Waals surface area contributed by atoms with E-state index in [2.05, 4.69) is 10.5 Å². The summed E-state index contributed by atoms with van der Waals surface area (Å²) in [5, 5.41) is 6.45. The van der Waals surface area contributed by atoms with Crippen LogP contribution in [0.4, 0.5) is 0 Å². The Balaban J connectivity index is 2.21. The lowest BCUT2D eigenvalue weighted by Gasteiger charge is -2.34. The molecule has 0 saturated heterocycles. The van der Waals surface area contributed by atoms with E-state index in [1.54, 1.807) is 14.2 Å². The van der Waals surface area contributed by atoms with Gasteiger partial charge in [0.15, 0.2) is 5.71 Å². The first-order valence-electron chi connectivity index (χ1n) is 5.27. The van der Waals surface area contributed by atoms with E-state index in [9.17, 15) is 4.79 Å². The number of nitrogens with zero attached hydrogens (tertiary/aromatic N) is 1. The van der Waals surface area contributed by atoms with Crippen molar-refractivity contribution in [3.8, 4) is 0 Å². The smallest absolute Gasteiger partial charge is 0.269 e. The third-order valence-corrected chi connectivity index (χ3v) is 3.23. The molecule has 1 fully saturated rings. The highest BCUT2D eigenvalue weighted by Gasteiger charge is 2.52. The maximum atomic E-state index is 11.5. The summed E-state index contributed by atoms with van der Waals surface area (Å²) in [5.41, 5.74) is 0.471. The van der Waals surface area contributed by atoms with Gasteiger partial charge in [-0.2, -0.15) is 0 Å². The van der Waals surface area contributed by atoms with Gasteiger partial charge in [0.1, 0.15) is 0 Å². The van der Waals surface area contributed by atoms with Crippen LogP contribution in [0.15, 0.2) is 5.16 Å². The van der Waals surface area contributed by atoms with Gasteiger partial charge in [0.2, 0.25) is 5.79 Å². The fourth-order valence-corrected chi connectivity index (χ4v) is 2.37. The Kier molecular flexibility index (Phi) is 2.65. The normalized spacial score (nSPS) is 34.0. The van der Waals surface area contributed by atoms with Crippen LogP contribution in [0, 0.1) is 5.92 Å². The van der Waals surface area contributed by atoms with Gasteiger partial charge in [0.05, 0.1) is 5.92 Å². The SMILES string of the molecule is CNC(=O)C1=NOC2(OC)CCCCC12. The lowest BCUT2D eigenvalue weighted by Crippen LogP contribution is -2.46. The molecular weight excluding hydrogens is 196 g/mol. The Morgan fingerprint density at radius 2 is 2.47 bits per heavy atom. The summed E-state index contributed by atoms with van der Waals surface area (Å²) in [6, 6.07) is 0. The van der Waals surface area contributed by atoms with E-state index < -0.39 is 5.79 Å². The molecule has 0 aromatic heterocycles. The number of hydrogen-bond donors (Lipinski definition) is 1. The Hall–Kier alpha value is -1.10. The Labute approximate surface area is 88.8 Å². The molecule has 84 valence electrons. The summed E-state index contributed by atoms with van der Waals surface area (Å²) in [7, 11) is 3.21. The van der Waals surface area contributed by atoms with Crippen LogP contribution in [0.3, 0.4) is 0 Å². The molecule has 15 heavy (non-hydrogen) atoms. The van der Waals surface area contributed by atoms with E-state index >= 15 is 0 Å². The quantitative estimate of drug-likeness (QED) is 0.731. The topological polar surface area (TPSA) is 59.9 Å². The molecule has 1 heterocycles. The molecule has 2 aliphatic rings. The van der Waals surface area contributed by atoms with Gasteiger partial charge < -0.3 is 14.9 Å². The molecule has 0 bridgehead atoms. The van der Waals surface area contributed by atoms with Gasteiger partial charge in [-0.05, 0) is 12.8 Å². The molecule has 1 aliphatic carbocycles. The number of nitrogens with one attached hydrogen (secondary N) is 1. The molecule has 0 radical (unpaired) electrons. The Morgan fingerprint density at radius 3 is 3.13 bits per heavy atom. The first kappa shape index (κ1) is 10.4. The summed E-state index contributed by atoms with van der Waals surface area (Å²) in [4.78, 5) is 16.9. The number of methoxy groups -OCH3 is 1. The maximum Gasteiger partial charge on any atom is 0.269 e. The van der Waals surface area contributed by atoms with Crippen LogP contribution in [0.5, 0.6) is 0 Å². The number of carbonyl (C=O) groups excluding carboxylic acids is 1. The van der Waals surface area contributed by atoms with Crippen LogP contribution in [0.1, 0.15) is 25.7 Å². The summed E-state index contributed by atoms with van der Waals surface area (Å²) >= 11 is 0. The predicted octanol–water partition coefficient (Wildman–Crippen LogP) is 0.651. The van der Waals surface area contributed by atoms with E-state index in [4.69, 9.17) is 9.57 Å². The largest absolute Gasteiger partial charge is 0.359 e. The molecule has 5 nitrogen and oxygen atoms in total. The van der Waals surface area contributed by atoms with Crippen molar-refractivity contribution in [2.45, 2.75) is 31.5 Å². The highest BCUT2D eigenvalue weighted by molar-refractivity contribution is 6.40. The van der Waals surface area contributed by atoms with Crippen LogP contribution in [0.2, 0.25) is 0 Å². The van der Waals surface area contributed by atoms with Crippen molar-refractivity contribution >= 4 is 11.6 Å². The third-order valence-electron chi connectivity index (χ3n) is 3.23. The fraction of sp³-hybridized carbons (Fsp3) is 0.800. The molecule has 1 aliphatic heterocycles. The average Bonchev–Trinajstić information content (AvgIpc) is 2.68. The standard InChI is InChI=1S/C10H16N2O3/c1-11-9(13)8-7-5-3-4-6-10(7,14-2)15-12-8/h7H,3-6H2,1-2H3,(H,11,13). The van der Waals surface area contributed by atoms with E-state index in [1.807, 2.05) is 0 Å². The third kappa shape index (κ3) is 1.51. The molecule has 1 amide bonds. The molecule has 2 rings (SSSR count). The monoisotopic (exact) mass is 212 g/mol. The van der Waals surface area contributed by atoms with Crippen molar-refractivity contribution in [2.24, 2.45) is 11.1 Å². The van der Waals surface area contributed by atoms with Gasteiger partial charge in [-0.15, -0.1) is 0 Å². The molecule has 2 atom stereocenters. The highest BCUT2D eigenvalue weighted by Crippen LogP contribution is 2.42. The van der Waals surface area contributed by atoms with Gasteiger partial charge in [0.25, 0.3) is 5.91 Å². The molecule has 5 heteroatoms. The van der Waals surface area contributed by atoms with Crippen LogP contribution in [-0.4, -0.2) is 31.6 Å². The lowest BCUT2D eigenvalue weighted by molar-refractivity contribution is -0.240. The maximum absolute atomic E-state index is 11.5. The number of ether oxygens (including phenoxy) is 1. The van der Waals surface area contributed by atoms with Gasteiger partial charge in [-0.25, -0.2) is 0 Å². The molecule has 0 spiro atoms. The Bertz CT molecular complexity index is 303. The lowest BCUT2D eigenvalue weighted by atomic mass is 9.80. The van der Waals surface area contributed by atoms with Crippen molar-refractivity contribution in [2.75, 3.05) is 14.2 Å². The zero-order chi connectivity index (χ0) is 10.9. The average molecular weight is 212 g/mol. The van der Waals surface area contributed by atoms with Crippen molar-refractivity contribution in [1.82, 2.24) is 5.32 Å². The summed E-state index contributed by atoms with van der Waals surface area (Å²) < 4.78 is 5.41. The van der Waals surface area contributed by atoms with E-state index in [1.165, 1.54) is 0 Å². The van der Waals surface area contributed by atoms with Gasteiger partial charge >= 0.3 is 0 Å². The van der Waals surface area contributed by atoms with Gasteiger partial charge in [-0.1, -0.05) is 11.6 Å². The molecular formula is C10H16N2O3. The van der Waals surface area contributed by atoms with E-state index in [-0.39, 0.29) is 11.8 Å². The minimum Gasteiger partial charge on any atom is -0.359 e. The van der Waals surface area contributed by atoms with Crippen molar-refractivity contribution in [3.05, 3.63) is 0 Å². The van der Waals surface area contributed by atoms with Crippen molar-refractivity contribution in [1.29, 1.82) is 0 Å². The van der Waals surface area contributed by atoms with Crippen LogP contribution < -0.4 is 5.32 Å².